The summed E-state index contributed by atoms with van der Waals surface area (Å²) in [6.07, 6.45) is 3.24. The molecular weight excluding hydrogens is 280 g/mol. The lowest BCUT2D eigenvalue weighted by atomic mass is 10.2. The second kappa shape index (κ2) is 6.33. The van der Waals surface area contributed by atoms with Gasteiger partial charge in [0.05, 0.1) is 6.54 Å². The van der Waals surface area contributed by atoms with Gasteiger partial charge in [-0.15, -0.1) is 11.3 Å². The molecule has 1 N–H and O–H groups in total. The van der Waals surface area contributed by atoms with E-state index in [4.69, 9.17) is 0 Å². The van der Waals surface area contributed by atoms with Crippen molar-refractivity contribution in [2.24, 2.45) is 0 Å². The molecular formula is C17H14N2OS. The molecule has 104 valence electrons. The van der Waals surface area contributed by atoms with Gasteiger partial charge in [-0.05, 0) is 29.8 Å². The molecule has 0 aliphatic carbocycles. The average Bonchev–Trinajstić information content (AvgIpc) is 3.03. The molecule has 0 unspecified atom stereocenters. The smallest absolute Gasteiger partial charge is 0.251 e. The van der Waals surface area contributed by atoms with E-state index in [2.05, 4.69) is 34.6 Å². The minimum absolute atomic E-state index is 0.0768. The Morgan fingerprint density at radius 3 is 2.52 bits per heavy atom. The number of aromatic nitrogens is 1. The highest BCUT2D eigenvalue weighted by atomic mass is 32.1. The van der Waals surface area contributed by atoms with Gasteiger partial charge < -0.3 is 5.32 Å². The minimum atomic E-state index is -0.0768. The van der Waals surface area contributed by atoms with Crippen LogP contribution < -0.4 is 5.32 Å². The fourth-order valence-electron chi connectivity index (χ4n) is 2.00. The molecule has 0 atom stereocenters. The van der Waals surface area contributed by atoms with Crippen molar-refractivity contribution in [1.29, 1.82) is 0 Å². The first-order valence-electron chi connectivity index (χ1n) is 6.65. The van der Waals surface area contributed by atoms with E-state index in [-0.39, 0.29) is 5.91 Å². The number of benzene rings is 1. The maximum Gasteiger partial charge on any atom is 0.251 e. The van der Waals surface area contributed by atoms with E-state index in [0.717, 1.165) is 4.88 Å². The number of pyridine rings is 1. The number of nitrogens with zero attached hydrogens (tertiary/aromatic N) is 1. The number of rotatable bonds is 4. The van der Waals surface area contributed by atoms with E-state index in [0.29, 0.717) is 12.1 Å². The molecule has 2 aromatic heterocycles. The minimum Gasteiger partial charge on any atom is -0.347 e. The van der Waals surface area contributed by atoms with Crippen LogP contribution in [0.15, 0.2) is 67.0 Å². The molecule has 2 heterocycles. The Balaban J connectivity index is 1.64. The molecule has 0 saturated heterocycles. The van der Waals surface area contributed by atoms with Crippen molar-refractivity contribution in [2.45, 2.75) is 6.54 Å². The number of thiophene rings is 1. The van der Waals surface area contributed by atoms with Gasteiger partial charge in [0.15, 0.2) is 0 Å². The van der Waals surface area contributed by atoms with Crippen LogP contribution in [-0.4, -0.2) is 10.9 Å². The lowest BCUT2D eigenvalue weighted by molar-refractivity contribution is 0.0951. The summed E-state index contributed by atoms with van der Waals surface area (Å²) in [4.78, 5) is 18.2. The van der Waals surface area contributed by atoms with Gasteiger partial charge in [-0.2, -0.15) is 0 Å². The number of hydrogen-bond donors (Lipinski definition) is 1. The van der Waals surface area contributed by atoms with Gasteiger partial charge in [-0.1, -0.05) is 30.3 Å². The van der Waals surface area contributed by atoms with E-state index in [9.17, 15) is 4.79 Å². The quantitative estimate of drug-likeness (QED) is 0.796. The second-order valence-corrected chi connectivity index (χ2v) is 5.72. The summed E-state index contributed by atoms with van der Waals surface area (Å²) in [6.45, 7) is 0.540. The summed E-state index contributed by atoms with van der Waals surface area (Å²) in [6, 6.07) is 17.8. The van der Waals surface area contributed by atoms with Gasteiger partial charge >= 0.3 is 0 Å². The fourth-order valence-corrected chi connectivity index (χ4v) is 2.96. The lowest BCUT2D eigenvalue weighted by Gasteiger charge is -2.03. The molecule has 3 nitrogen and oxygen atoms in total. The van der Waals surface area contributed by atoms with Crippen molar-refractivity contribution in [3.63, 3.8) is 0 Å². The number of hydrogen-bond acceptors (Lipinski definition) is 3. The van der Waals surface area contributed by atoms with Crippen molar-refractivity contribution in [2.75, 3.05) is 0 Å². The van der Waals surface area contributed by atoms with E-state index in [1.165, 1.54) is 10.4 Å². The van der Waals surface area contributed by atoms with Crippen LogP contribution in [0.4, 0.5) is 0 Å². The second-order valence-electron chi connectivity index (χ2n) is 4.55. The Morgan fingerprint density at radius 1 is 1.00 bits per heavy atom. The molecule has 1 amide bonds. The summed E-state index contributed by atoms with van der Waals surface area (Å²) >= 11 is 1.70. The number of carbonyl (C=O) groups is 1. The highest BCUT2D eigenvalue weighted by Gasteiger charge is 2.06. The third-order valence-corrected chi connectivity index (χ3v) is 4.22. The van der Waals surface area contributed by atoms with Crippen LogP contribution in [0.25, 0.3) is 10.4 Å². The van der Waals surface area contributed by atoms with E-state index in [1.807, 2.05) is 18.2 Å². The summed E-state index contributed by atoms with van der Waals surface area (Å²) < 4.78 is 0. The van der Waals surface area contributed by atoms with Gasteiger partial charge in [-0.3, -0.25) is 9.78 Å². The summed E-state index contributed by atoms with van der Waals surface area (Å²) in [7, 11) is 0. The first-order valence-corrected chi connectivity index (χ1v) is 7.47. The third kappa shape index (κ3) is 3.35. The first kappa shape index (κ1) is 13.5. The fraction of sp³-hybridized carbons (Fsp3) is 0.0588. The molecule has 0 saturated carbocycles. The predicted molar refractivity (Wildman–Crippen MR) is 85.2 cm³/mol. The standard InChI is InChI=1S/C17H14N2OS/c20-17(14-8-10-18-11-9-14)19-12-15-6-7-16(21-15)13-4-2-1-3-5-13/h1-11H,12H2,(H,19,20). The highest BCUT2D eigenvalue weighted by Crippen LogP contribution is 2.27. The van der Waals surface area contributed by atoms with Gasteiger partial charge in [-0.25, -0.2) is 0 Å². The van der Waals surface area contributed by atoms with Crippen molar-refractivity contribution in [3.05, 3.63) is 77.4 Å². The van der Waals surface area contributed by atoms with Crippen molar-refractivity contribution >= 4 is 17.2 Å². The lowest BCUT2D eigenvalue weighted by Crippen LogP contribution is -2.22. The maximum atomic E-state index is 12.0. The van der Waals surface area contributed by atoms with Gasteiger partial charge in [0.2, 0.25) is 0 Å². The molecule has 4 heteroatoms. The Bertz CT molecular complexity index is 723. The predicted octanol–water partition coefficient (Wildman–Crippen LogP) is 3.74. The monoisotopic (exact) mass is 294 g/mol. The summed E-state index contributed by atoms with van der Waals surface area (Å²) in [5.74, 6) is -0.0768. The molecule has 3 aromatic rings. The molecule has 0 bridgehead atoms. The molecule has 0 fully saturated rings. The molecule has 3 rings (SSSR count). The van der Waals surface area contributed by atoms with Crippen LogP contribution in [0, 0.1) is 0 Å². The Hall–Kier alpha value is -2.46. The molecule has 0 spiro atoms. The number of amides is 1. The number of carbonyl (C=O) groups excluding carboxylic acids is 1. The zero-order chi connectivity index (χ0) is 14.5. The molecule has 0 aliphatic rings. The largest absolute Gasteiger partial charge is 0.347 e. The molecule has 21 heavy (non-hydrogen) atoms. The van der Waals surface area contributed by atoms with Crippen molar-refractivity contribution < 1.29 is 4.79 Å². The SMILES string of the molecule is O=C(NCc1ccc(-c2ccccc2)s1)c1ccncc1. The Morgan fingerprint density at radius 2 is 1.76 bits per heavy atom. The van der Waals surface area contributed by atoms with Crippen LogP contribution >= 0.6 is 11.3 Å². The van der Waals surface area contributed by atoms with Gasteiger partial charge in [0.25, 0.3) is 5.91 Å². The average molecular weight is 294 g/mol. The number of nitrogens with one attached hydrogen (secondary N) is 1. The van der Waals surface area contributed by atoms with Crippen molar-refractivity contribution in [1.82, 2.24) is 10.3 Å². The van der Waals surface area contributed by atoms with E-state index in [1.54, 1.807) is 35.9 Å². The van der Waals surface area contributed by atoms with Crippen LogP contribution in [0.2, 0.25) is 0 Å². The normalized spacial score (nSPS) is 10.3. The van der Waals surface area contributed by atoms with Gasteiger partial charge in [0.1, 0.15) is 0 Å². The van der Waals surface area contributed by atoms with Crippen molar-refractivity contribution in [3.8, 4) is 10.4 Å². The van der Waals surface area contributed by atoms with E-state index >= 15 is 0 Å². The van der Waals surface area contributed by atoms with Crippen LogP contribution in [0.1, 0.15) is 15.2 Å². The zero-order valence-electron chi connectivity index (χ0n) is 11.3. The Labute approximate surface area is 127 Å². The topological polar surface area (TPSA) is 42.0 Å². The van der Waals surface area contributed by atoms with Crippen LogP contribution in [0.3, 0.4) is 0 Å². The summed E-state index contributed by atoms with van der Waals surface area (Å²) in [5.41, 5.74) is 1.83. The third-order valence-electron chi connectivity index (χ3n) is 3.09. The Kier molecular flexibility index (Phi) is 4.07. The first-order chi connectivity index (χ1) is 10.3. The van der Waals surface area contributed by atoms with Crippen LogP contribution in [-0.2, 0) is 6.54 Å². The molecule has 0 radical (unpaired) electrons. The van der Waals surface area contributed by atoms with Gasteiger partial charge in [0, 0.05) is 27.7 Å². The molecule has 0 aliphatic heterocycles. The maximum absolute atomic E-state index is 12.0. The van der Waals surface area contributed by atoms with E-state index < -0.39 is 0 Å². The van der Waals surface area contributed by atoms with Crippen LogP contribution in [0.5, 0.6) is 0 Å². The summed E-state index contributed by atoms with van der Waals surface area (Å²) in [5, 5.41) is 2.92. The zero-order valence-corrected chi connectivity index (χ0v) is 12.1. The highest BCUT2D eigenvalue weighted by molar-refractivity contribution is 7.15. The molecule has 1 aromatic carbocycles.